The van der Waals surface area contributed by atoms with Crippen molar-refractivity contribution in [2.45, 2.75) is 315 Å². The Labute approximate surface area is 730 Å². The second-order valence-corrected chi connectivity index (χ2v) is 42.8. The van der Waals surface area contributed by atoms with Gasteiger partial charge in [0.05, 0.1) is 93.5 Å². The SMILES string of the molecule is CCCCC(CC)COc1ccc(-c2sc(C(C)(C)C(C)(C)c3ccc(-c4sc(-c5ccc6n5CC(CCCC)CCC(C)(C)c5sc-6c6c5OCC(C)(C)CO6)c5c4OCC(C)(C)CO5)c(OCC(CC)CCCC)c3-c3ccccc3OCC(CC)CCCC)c3c2OCCO3)cc1-c1cc(C(C)(C)C)ccc1OCC(CC)CCCC. The van der Waals surface area contributed by atoms with Gasteiger partial charge in [0.1, 0.15) is 36.2 Å². The zero-order valence-corrected chi connectivity index (χ0v) is 79.8. The molecule has 8 aromatic rings. The van der Waals surface area contributed by atoms with Crippen LogP contribution in [0.15, 0.2) is 84.9 Å². The fraction of sp³-hybridized carbons (Fsp3) is 0.619. The number of hydrogen-bond acceptors (Lipinski definition) is 13. The van der Waals surface area contributed by atoms with Crippen LogP contribution in [0.25, 0.3) is 64.3 Å². The fourth-order valence-electron chi connectivity index (χ4n) is 17.7. The quantitative estimate of drug-likeness (QED) is 0.0371. The number of rotatable bonds is 39. The third-order valence-corrected chi connectivity index (χ3v) is 31.2. The van der Waals surface area contributed by atoms with E-state index in [1.54, 1.807) is 22.7 Å². The summed E-state index contributed by atoms with van der Waals surface area (Å²) in [6.45, 7) is 57.7. The first-order chi connectivity index (χ1) is 57.0. The molecule has 5 unspecified atom stereocenters. The highest BCUT2D eigenvalue weighted by atomic mass is 32.1. The molecule has 4 aliphatic heterocycles. The van der Waals surface area contributed by atoms with Crippen molar-refractivity contribution in [2.24, 2.45) is 40.4 Å². The molecule has 0 amide bonds. The highest BCUT2D eigenvalue weighted by molar-refractivity contribution is 7.20. The lowest BCUT2D eigenvalue weighted by molar-refractivity contribution is 0.139. The molecule has 652 valence electrons. The summed E-state index contributed by atoms with van der Waals surface area (Å²) in [5.74, 6) is 10.4. The van der Waals surface area contributed by atoms with Crippen molar-refractivity contribution in [2.75, 3.05) is 66.1 Å². The normalized spacial score (nSPS) is 17.3. The van der Waals surface area contributed by atoms with Crippen LogP contribution in [0.2, 0.25) is 0 Å². The van der Waals surface area contributed by atoms with E-state index < -0.39 is 10.8 Å². The van der Waals surface area contributed by atoms with E-state index in [4.69, 9.17) is 47.4 Å². The summed E-state index contributed by atoms with van der Waals surface area (Å²) in [5.41, 5.74) is 8.80. The Morgan fingerprint density at radius 2 is 0.908 bits per heavy atom. The van der Waals surface area contributed by atoms with Crippen LogP contribution >= 0.6 is 34.0 Å². The van der Waals surface area contributed by atoms with Crippen molar-refractivity contribution >= 4 is 34.0 Å². The second kappa shape index (κ2) is 39.8. The van der Waals surface area contributed by atoms with E-state index in [0.717, 1.165) is 248 Å². The second-order valence-electron chi connectivity index (χ2n) is 39.8. The number of fused-ring (bicyclic) bond motifs is 9. The molecule has 14 heteroatoms. The summed E-state index contributed by atoms with van der Waals surface area (Å²) in [4.78, 5) is 6.61. The summed E-state index contributed by atoms with van der Waals surface area (Å²) in [6, 6.07) is 32.1. The monoisotopic (exact) mass is 1680 g/mol. The minimum atomic E-state index is -0.666. The largest absolute Gasteiger partial charge is 0.493 e. The van der Waals surface area contributed by atoms with Gasteiger partial charge in [0.15, 0.2) is 34.5 Å². The Kier molecular flexibility index (Phi) is 30.6. The number of thiophene rings is 3. The number of ether oxygens (including phenoxy) is 10. The van der Waals surface area contributed by atoms with E-state index >= 15 is 0 Å². The van der Waals surface area contributed by atoms with Crippen LogP contribution in [-0.2, 0) is 28.2 Å². The summed E-state index contributed by atoms with van der Waals surface area (Å²) < 4.78 is 75.5. The molecule has 0 saturated carbocycles. The highest BCUT2D eigenvalue weighted by Gasteiger charge is 2.49. The van der Waals surface area contributed by atoms with Gasteiger partial charge >= 0.3 is 0 Å². The number of unbranched alkanes of at least 4 members (excludes halogenated alkanes) is 5. The maximum Gasteiger partial charge on any atom is 0.182 e. The van der Waals surface area contributed by atoms with Crippen LogP contribution in [0.3, 0.4) is 0 Å². The molecule has 0 N–H and O–H groups in total. The molecular weight excluding hydrogens is 1530 g/mol. The Morgan fingerprint density at radius 1 is 0.437 bits per heavy atom. The van der Waals surface area contributed by atoms with E-state index in [1.807, 2.05) is 11.3 Å². The summed E-state index contributed by atoms with van der Waals surface area (Å²) in [7, 11) is 0. The van der Waals surface area contributed by atoms with Crippen LogP contribution in [0, 0.1) is 40.4 Å². The van der Waals surface area contributed by atoms with Crippen molar-refractivity contribution < 1.29 is 47.4 Å². The average molecular weight is 1680 g/mol. The summed E-state index contributed by atoms with van der Waals surface area (Å²) in [5, 5.41) is 0. The molecule has 0 saturated heterocycles. The highest BCUT2D eigenvalue weighted by Crippen LogP contribution is 2.64. The van der Waals surface area contributed by atoms with Gasteiger partial charge in [-0.05, 0) is 151 Å². The molecule has 0 radical (unpaired) electrons. The number of benzene rings is 4. The summed E-state index contributed by atoms with van der Waals surface area (Å²) in [6.07, 6.45) is 23.5. The lowest BCUT2D eigenvalue weighted by atomic mass is 9.61. The predicted octanol–water partition coefficient (Wildman–Crippen LogP) is 30.9. The molecular formula is C105H149NO10S3. The molecule has 119 heavy (non-hydrogen) atoms. The summed E-state index contributed by atoms with van der Waals surface area (Å²) >= 11 is 5.46. The van der Waals surface area contributed by atoms with E-state index in [0.29, 0.717) is 95.7 Å². The predicted molar refractivity (Wildman–Crippen MR) is 503 cm³/mol. The topological polar surface area (TPSA) is 97.2 Å². The van der Waals surface area contributed by atoms with Gasteiger partial charge in [-0.2, -0.15) is 0 Å². The zero-order chi connectivity index (χ0) is 85.2. The molecule has 5 atom stereocenters. The average Bonchev–Trinajstić information content (AvgIpc) is 1.65. The van der Waals surface area contributed by atoms with Gasteiger partial charge < -0.3 is 51.9 Å². The zero-order valence-electron chi connectivity index (χ0n) is 77.4. The van der Waals surface area contributed by atoms with Crippen molar-refractivity contribution in [3.63, 3.8) is 0 Å². The van der Waals surface area contributed by atoms with Crippen molar-refractivity contribution in [3.05, 3.63) is 106 Å². The maximum absolute atomic E-state index is 8.02. The number of hydrogen-bond donors (Lipinski definition) is 0. The van der Waals surface area contributed by atoms with Gasteiger partial charge in [0.25, 0.3) is 0 Å². The van der Waals surface area contributed by atoms with E-state index in [2.05, 4.69) is 242 Å². The Morgan fingerprint density at radius 3 is 1.45 bits per heavy atom. The van der Waals surface area contributed by atoms with Gasteiger partial charge in [0.2, 0.25) is 0 Å². The lowest BCUT2D eigenvalue weighted by Gasteiger charge is -2.44. The molecule has 4 aromatic heterocycles. The van der Waals surface area contributed by atoms with Crippen molar-refractivity contribution in [1.82, 2.24) is 4.57 Å². The van der Waals surface area contributed by atoms with Gasteiger partial charge in [-0.1, -0.05) is 273 Å². The molecule has 12 rings (SSSR count). The van der Waals surface area contributed by atoms with Gasteiger partial charge in [-0.15, -0.1) is 34.0 Å². The van der Waals surface area contributed by atoms with Gasteiger partial charge in [-0.25, -0.2) is 0 Å². The maximum atomic E-state index is 8.02. The number of nitrogens with zero attached hydrogens (tertiary/aromatic N) is 1. The first-order valence-corrected chi connectivity index (χ1v) is 49.0. The van der Waals surface area contributed by atoms with E-state index in [-0.39, 0.29) is 21.7 Å². The Balaban J connectivity index is 1.08. The molecule has 0 spiro atoms. The third-order valence-electron chi connectivity index (χ3n) is 26.9. The van der Waals surface area contributed by atoms with Crippen molar-refractivity contribution in [3.8, 4) is 122 Å². The van der Waals surface area contributed by atoms with Crippen molar-refractivity contribution in [1.29, 1.82) is 0 Å². The number of para-hydroxylation sites is 1. The smallest absolute Gasteiger partial charge is 0.182 e. The molecule has 0 aliphatic carbocycles. The molecule has 2 bridgehead atoms. The van der Waals surface area contributed by atoms with Crippen LogP contribution in [0.1, 0.15) is 308 Å². The minimum absolute atomic E-state index is 0.110. The first-order valence-electron chi connectivity index (χ1n) is 46.5. The van der Waals surface area contributed by atoms with Crippen LogP contribution < -0.4 is 47.4 Å². The molecule has 0 fully saturated rings. The molecule has 4 aliphatic rings. The number of aromatic nitrogens is 1. The molecule has 8 heterocycles. The van der Waals surface area contributed by atoms with Gasteiger partial charge in [0, 0.05) is 61.4 Å². The molecule has 11 nitrogen and oxygen atoms in total. The van der Waals surface area contributed by atoms with E-state index in [1.165, 1.54) is 36.1 Å². The first kappa shape index (κ1) is 91.5. The fourth-order valence-corrected chi connectivity index (χ4v) is 21.7. The van der Waals surface area contributed by atoms with Crippen LogP contribution in [-0.4, -0.2) is 70.6 Å². The van der Waals surface area contributed by atoms with E-state index in [9.17, 15) is 0 Å². The lowest BCUT2D eigenvalue weighted by Crippen LogP contribution is -2.40. The van der Waals surface area contributed by atoms with Gasteiger partial charge in [-0.3, -0.25) is 0 Å². The van der Waals surface area contributed by atoms with Crippen LogP contribution in [0.5, 0.6) is 57.5 Å². The Bertz CT molecular complexity index is 4640. The third kappa shape index (κ3) is 20.5. The standard InChI is InChI=1S/C105H149NO10S3/c1-23-32-39-69(28-6)61-109-83-45-38-37-44-76(83)86-80(104(19,20)105(21,22)99-93-90(107-56-57-108-93)94(118-99)74-46-52-84(110-62-70(29-7)40-33-24-2)78(58-74)79-59-75(100(10,11)12)47-53-85(79)111-63-71(30-8)41-34-25-3)49-48-77(87(86)112-64-72(31-9)42-35-26-4)95-88-89(114-66-101(13,14)65-113-88)96(117-95)81-50-51-82-97-91-92(116-68-102(15,16)67-115-91)98(119-97)103(17,18)55-54-73(43-36-27-5)60-106(81)82/h37-38,44-53,58-59,69-73H,23-36,39-43,54-57,60-68H2,1-22H3. The van der Waals surface area contributed by atoms with Crippen LogP contribution in [0.4, 0.5) is 0 Å². The molecule has 4 aromatic carbocycles. The Hall–Kier alpha value is -6.74. The minimum Gasteiger partial charge on any atom is -0.493 e.